The highest BCUT2D eigenvalue weighted by Crippen LogP contribution is 2.23. The fourth-order valence-electron chi connectivity index (χ4n) is 1.57. The van der Waals surface area contributed by atoms with Gasteiger partial charge in [-0.25, -0.2) is 0 Å². The van der Waals surface area contributed by atoms with Crippen LogP contribution in [-0.2, 0) is 6.42 Å². The Hall–Kier alpha value is -0.980. The van der Waals surface area contributed by atoms with E-state index in [4.69, 9.17) is 5.73 Å². The number of aryl methyl sites for hydroxylation is 1. The van der Waals surface area contributed by atoms with Gasteiger partial charge in [-0.3, -0.25) is 0 Å². The lowest BCUT2D eigenvalue weighted by Gasteiger charge is -2.17. The Morgan fingerprint density at radius 3 is 2.36 bits per heavy atom. The van der Waals surface area contributed by atoms with Gasteiger partial charge in [0.1, 0.15) is 0 Å². The summed E-state index contributed by atoms with van der Waals surface area (Å²) in [5, 5.41) is 0. The second-order valence-corrected chi connectivity index (χ2v) is 5.11. The van der Waals surface area contributed by atoms with E-state index in [0.717, 1.165) is 12.1 Å². The Bertz CT molecular complexity index is 284. The van der Waals surface area contributed by atoms with Crippen LogP contribution in [0.3, 0.4) is 0 Å². The zero-order chi connectivity index (χ0) is 10.6. The highest BCUT2D eigenvalue weighted by Gasteiger charge is 2.09. The average molecular weight is 191 g/mol. The molecule has 0 aliphatic rings. The third-order valence-electron chi connectivity index (χ3n) is 2.43. The Morgan fingerprint density at radius 2 is 1.79 bits per heavy atom. The Labute approximate surface area is 87.3 Å². The van der Waals surface area contributed by atoms with E-state index in [1.165, 1.54) is 18.4 Å². The molecule has 0 unspecified atom stereocenters. The van der Waals surface area contributed by atoms with Crippen molar-refractivity contribution >= 4 is 5.69 Å². The van der Waals surface area contributed by atoms with Crippen molar-refractivity contribution in [3.8, 4) is 0 Å². The van der Waals surface area contributed by atoms with Gasteiger partial charge in [-0.05, 0) is 36.3 Å². The maximum atomic E-state index is 5.87. The first kappa shape index (κ1) is 11.1. The van der Waals surface area contributed by atoms with Crippen LogP contribution < -0.4 is 5.73 Å². The van der Waals surface area contributed by atoms with Crippen molar-refractivity contribution in [3.63, 3.8) is 0 Å². The minimum Gasteiger partial charge on any atom is -0.399 e. The summed E-state index contributed by atoms with van der Waals surface area (Å²) in [4.78, 5) is 0. The van der Waals surface area contributed by atoms with Crippen LogP contribution in [0.25, 0.3) is 0 Å². The van der Waals surface area contributed by atoms with Gasteiger partial charge in [-0.1, -0.05) is 39.0 Å². The first-order valence-electron chi connectivity index (χ1n) is 5.32. The molecule has 1 aromatic carbocycles. The lowest BCUT2D eigenvalue weighted by molar-refractivity contribution is 0.366. The van der Waals surface area contributed by atoms with Crippen LogP contribution in [0, 0.1) is 5.41 Å². The highest BCUT2D eigenvalue weighted by atomic mass is 14.6. The van der Waals surface area contributed by atoms with Crippen LogP contribution in [0.15, 0.2) is 24.3 Å². The van der Waals surface area contributed by atoms with Crippen LogP contribution in [0.4, 0.5) is 5.69 Å². The fourth-order valence-corrected chi connectivity index (χ4v) is 1.57. The summed E-state index contributed by atoms with van der Waals surface area (Å²) in [5.41, 5.74) is 8.52. The predicted molar refractivity (Wildman–Crippen MR) is 63.2 cm³/mol. The highest BCUT2D eigenvalue weighted by molar-refractivity contribution is 5.46. The Balaban J connectivity index is 2.43. The van der Waals surface area contributed by atoms with Gasteiger partial charge in [-0.15, -0.1) is 0 Å². The summed E-state index contributed by atoms with van der Waals surface area (Å²) in [6.07, 6.45) is 3.57. The lowest BCUT2D eigenvalue weighted by atomic mass is 9.89. The van der Waals surface area contributed by atoms with Crippen LogP contribution in [-0.4, -0.2) is 0 Å². The summed E-state index contributed by atoms with van der Waals surface area (Å²) in [5.74, 6) is 0. The average Bonchev–Trinajstić information content (AvgIpc) is 2.06. The lowest BCUT2D eigenvalue weighted by Crippen LogP contribution is -2.05. The summed E-state index contributed by atoms with van der Waals surface area (Å²) < 4.78 is 0. The van der Waals surface area contributed by atoms with Crippen LogP contribution in [0.2, 0.25) is 0 Å². The Kier molecular flexibility index (Phi) is 3.56. The van der Waals surface area contributed by atoms with Crippen molar-refractivity contribution in [2.75, 3.05) is 5.73 Å². The number of hydrogen-bond donors (Lipinski definition) is 1. The number of nitrogen functional groups attached to an aromatic ring is 1. The van der Waals surface area contributed by atoms with Gasteiger partial charge >= 0.3 is 0 Å². The van der Waals surface area contributed by atoms with Crippen LogP contribution >= 0.6 is 0 Å². The molecule has 14 heavy (non-hydrogen) atoms. The minimum absolute atomic E-state index is 0.434. The molecule has 0 aromatic heterocycles. The van der Waals surface area contributed by atoms with Gasteiger partial charge in [0, 0.05) is 5.69 Å². The molecule has 0 radical (unpaired) electrons. The molecular formula is C13H21N. The van der Waals surface area contributed by atoms with E-state index in [-0.39, 0.29) is 0 Å². The third-order valence-corrected chi connectivity index (χ3v) is 2.43. The molecule has 1 aromatic rings. The number of benzene rings is 1. The summed E-state index contributed by atoms with van der Waals surface area (Å²) in [6, 6.07) is 8.15. The molecule has 0 spiro atoms. The second-order valence-electron chi connectivity index (χ2n) is 5.11. The monoisotopic (exact) mass is 191 g/mol. The normalized spacial score (nSPS) is 11.6. The van der Waals surface area contributed by atoms with Crippen molar-refractivity contribution in [2.45, 2.75) is 40.0 Å². The molecule has 0 amide bonds. The van der Waals surface area contributed by atoms with E-state index < -0.39 is 0 Å². The zero-order valence-electron chi connectivity index (χ0n) is 9.51. The van der Waals surface area contributed by atoms with E-state index >= 15 is 0 Å². The van der Waals surface area contributed by atoms with E-state index in [1.807, 2.05) is 12.1 Å². The third kappa shape index (κ3) is 3.82. The zero-order valence-corrected chi connectivity index (χ0v) is 9.51. The standard InChI is InChI=1S/C13H21N/c1-13(2,3)10-6-8-11-7-4-5-9-12(11)14/h4-5,7,9H,6,8,10,14H2,1-3H3. The second kappa shape index (κ2) is 4.50. The molecule has 0 saturated carbocycles. The number of para-hydroxylation sites is 1. The van der Waals surface area contributed by atoms with Crippen molar-refractivity contribution in [2.24, 2.45) is 5.41 Å². The molecule has 0 aliphatic heterocycles. The minimum atomic E-state index is 0.434. The van der Waals surface area contributed by atoms with Gasteiger partial charge in [0.05, 0.1) is 0 Å². The first-order valence-corrected chi connectivity index (χ1v) is 5.32. The molecule has 1 rings (SSSR count). The van der Waals surface area contributed by atoms with Crippen LogP contribution in [0.1, 0.15) is 39.2 Å². The van der Waals surface area contributed by atoms with Crippen LogP contribution in [0.5, 0.6) is 0 Å². The summed E-state index contributed by atoms with van der Waals surface area (Å²) in [6.45, 7) is 6.84. The number of nitrogens with two attached hydrogens (primary N) is 1. The molecule has 1 heteroatoms. The maximum Gasteiger partial charge on any atom is 0.0346 e. The molecule has 0 atom stereocenters. The van der Waals surface area contributed by atoms with Crippen molar-refractivity contribution in [1.29, 1.82) is 0 Å². The molecular weight excluding hydrogens is 170 g/mol. The van der Waals surface area contributed by atoms with Gasteiger partial charge in [-0.2, -0.15) is 0 Å². The molecule has 1 nitrogen and oxygen atoms in total. The van der Waals surface area contributed by atoms with Gasteiger partial charge in [0.2, 0.25) is 0 Å². The molecule has 0 bridgehead atoms. The van der Waals surface area contributed by atoms with Gasteiger partial charge in [0.25, 0.3) is 0 Å². The van der Waals surface area contributed by atoms with Crippen molar-refractivity contribution < 1.29 is 0 Å². The molecule has 78 valence electrons. The first-order chi connectivity index (χ1) is 6.49. The number of rotatable bonds is 3. The Morgan fingerprint density at radius 1 is 1.14 bits per heavy atom. The van der Waals surface area contributed by atoms with Crippen molar-refractivity contribution in [3.05, 3.63) is 29.8 Å². The van der Waals surface area contributed by atoms with E-state index in [9.17, 15) is 0 Å². The fraction of sp³-hybridized carbons (Fsp3) is 0.538. The number of hydrogen-bond acceptors (Lipinski definition) is 1. The quantitative estimate of drug-likeness (QED) is 0.725. The molecule has 0 fully saturated rings. The topological polar surface area (TPSA) is 26.0 Å². The number of anilines is 1. The van der Waals surface area contributed by atoms with E-state index in [2.05, 4.69) is 32.9 Å². The van der Waals surface area contributed by atoms with Gasteiger partial charge < -0.3 is 5.73 Å². The maximum absolute atomic E-state index is 5.87. The summed E-state index contributed by atoms with van der Waals surface area (Å²) in [7, 11) is 0. The molecule has 0 aliphatic carbocycles. The van der Waals surface area contributed by atoms with Crippen molar-refractivity contribution in [1.82, 2.24) is 0 Å². The molecule has 0 saturated heterocycles. The molecule has 0 heterocycles. The SMILES string of the molecule is CC(C)(C)CCCc1ccccc1N. The van der Waals surface area contributed by atoms with E-state index in [1.54, 1.807) is 0 Å². The summed E-state index contributed by atoms with van der Waals surface area (Å²) >= 11 is 0. The molecule has 2 N–H and O–H groups in total. The largest absolute Gasteiger partial charge is 0.399 e. The predicted octanol–water partition coefficient (Wildman–Crippen LogP) is 3.64. The van der Waals surface area contributed by atoms with Gasteiger partial charge in [0.15, 0.2) is 0 Å². The van der Waals surface area contributed by atoms with E-state index in [0.29, 0.717) is 5.41 Å². The smallest absolute Gasteiger partial charge is 0.0346 e.